The number of urea groups is 1. The van der Waals surface area contributed by atoms with Crippen LogP contribution in [0, 0.1) is 17.7 Å². The molecule has 6 heteroatoms. The van der Waals surface area contributed by atoms with E-state index >= 15 is 0 Å². The molecule has 2 heterocycles. The monoisotopic (exact) mass is 376 g/mol. The predicted octanol–water partition coefficient (Wildman–Crippen LogP) is 3.07. The van der Waals surface area contributed by atoms with Crippen LogP contribution in [-0.4, -0.2) is 56.7 Å². The van der Waals surface area contributed by atoms with Crippen molar-refractivity contribution in [2.24, 2.45) is 11.8 Å². The molecule has 3 rings (SSSR count). The maximum atomic E-state index is 13.0. The molecule has 0 radical (unpaired) electrons. The van der Waals surface area contributed by atoms with Crippen molar-refractivity contribution in [1.29, 1.82) is 0 Å². The number of hydrogen-bond donors (Lipinski definition) is 2. The van der Waals surface area contributed by atoms with Gasteiger partial charge in [0.25, 0.3) is 0 Å². The standard InChI is InChI=1S/C21H33FN4O/c1-17(15-25-10-3-2-4-11-25)13-23-21(27)24-14-18-9-12-26(16-18)20-7-5-19(22)6-8-20/h5-8,17-18H,2-4,9-16H2,1H3,(H2,23,24,27)/t17-,18+/m1/s1. The van der Waals surface area contributed by atoms with Gasteiger partial charge in [-0.2, -0.15) is 0 Å². The normalized spacial score (nSPS) is 21.9. The van der Waals surface area contributed by atoms with Crippen molar-refractivity contribution in [2.75, 3.05) is 50.7 Å². The molecule has 1 aromatic carbocycles. The highest BCUT2D eigenvalue weighted by molar-refractivity contribution is 5.73. The van der Waals surface area contributed by atoms with E-state index in [-0.39, 0.29) is 11.8 Å². The molecule has 0 saturated carbocycles. The largest absolute Gasteiger partial charge is 0.371 e. The fraction of sp³-hybridized carbons (Fsp3) is 0.667. The second kappa shape index (κ2) is 9.93. The Morgan fingerprint density at radius 2 is 1.89 bits per heavy atom. The van der Waals surface area contributed by atoms with E-state index in [1.165, 1.54) is 44.5 Å². The highest BCUT2D eigenvalue weighted by Gasteiger charge is 2.23. The maximum Gasteiger partial charge on any atom is 0.314 e. The Kier molecular flexibility index (Phi) is 7.33. The van der Waals surface area contributed by atoms with Crippen molar-refractivity contribution >= 4 is 11.7 Å². The molecule has 1 aromatic rings. The smallest absolute Gasteiger partial charge is 0.314 e. The van der Waals surface area contributed by atoms with Gasteiger partial charge in [-0.05, 0) is 68.5 Å². The minimum atomic E-state index is -0.206. The van der Waals surface area contributed by atoms with Crippen LogP contribution in [0.15, 0.2) is 24.3 Å². The van der Waals surface area contributed by atoms with E-state index in [1.54, 1.807) is 0 Å². The first kappa shape index (κ1) is 19.9. The number of piperidine rings is 1. The van der Waals surface area contributed by atoms with E-state index in [0.29, 0.717) is 24.9 Å². The lowest BCUT2D eigenvalue weighted by Gasteiger charge is -2.29. The topological polar surface area (TPSA) is 47.6 Å². The molecule has 2 aliphatic rings. The fourth-order valence-corrected chi connectivity index (χ4v) is 4.10. The van der Waals surface area contributed by atoms with Crippen LogP contribution in [0.3, 0.4) is 0 Å². The number of likely N-dealkylation sites (tertiary alicyclic amines) is 1. The molecule has 0 unspecified atom stereocenters. The van der Waals surface area contributed by atoms with E-state index in [0.717, 1.165) is 31.7 Å². The van der Waals surface area contributed by atoms with Gasteiger partial charge in [-0.3, -0.25) is 0 Å². The van der Waals surface area contributed by atoms with Gasteiger partial charge in [0, 0.05) is 38.4 Å². The number of benzene rings is 1. The van der Waals surface area contributed by atoms with Gasteiger partial charge in [-0.25, -0.2) is 9.18 Å². The molecule has 2 amide bonds. The van der Waals surface area contributed by atoms with E-state index in [4.69, 9.17) is 0 Å². The molecule has 0 aromatic heterocycles. The minimum absolute atomic E-state index is 0.0688. The number of carbonyl (C=O) groups is 1. The second-order valence-corrected chi connectivity index (χ2v) is 8.13. The molecule has 0 spiro atoms. The highest BCUT2D eigenvalue weighted by Crippen LogP contribution is 2.23. The Labute approximate surface area is 162 Å². The molecule has 150 valence electrons. The van der Waals surface area contributed by atoms with Crippen LogP contribution in [0.1, 0.15) is 32.6 Å². The summed E-state index contributed by atoms with van der Waals surface area (Å²) in [6.07, 6.45) is 5.00. The van der Waals surface area contributed by atoms with Crippen molar-refractivity contribution in [3.8, 4) is 0 Å². The van der Waals surface area contributed by atoms with Gasteiger partial charge in [0.2, 0.25) is 0 Å². The lowest BCUT2D eigenvalue weighted by Crippen LogP contribution is -2.42. The average molecular weight is 377 g/mol. The van der Waals surface area contributed by atoms with Crippen LogP contribution >= 0.6 is 0 Å². The van der Waals surface area contributed by atoms with Crippen LogP contribution in [0.5, 0.6) is 0 Å². The minimum Gasteiger partial charge on any atom is -0.371 e. The summed E-state index contributed by atoms with van der Waals surface area (Å²) in [5.74, 6) is 0.697. The number of hydrogen-bond acceptors (Lipinski definition) is 3. The molecule has 5 nitrogen and oxygen atoms in total. The Bertz CT molecular complexity index is 588. The van der Waals surface area contributed by atoms with E-state index in [1.807, 2.05) is 12.1 Å². The van der Waals surface area contributed by atoms with Crippen molar-refractivity contribution in [3.63, 3.8) is 0 Å². The molecular weight excluding hydrogens is 343 g/mol. The molecular formula is C21H33FN4O. The molecule has 2 aliphatic heterocycles. The van der Waals surface area contributed by atoms with Crippen molar-refractivity contribution in [1.82, 2.24) is 15.5 Å². The summed E-state index contributed by atoms with van der Waals surface area (Å²) in [6, 6.07) is 6.57. The third-order valence-electron chi connectivity index (χ3n) is 5.66. The lowest BCUT2D eigenvalue weighted by molar-refractivity contribution is 0.197. The molecule has 2 N–H and O–H groups in total. The number of halogens is 1. The van der Waals surface area contributed by atoms with Crippen LogP contribution < -0.4 is 15.5 Å². The quantitative estimate of drug-likeness (QED) is 0.769. The fourth-order valence-electron chi connectivity index (χ4n) is 4.10. The molecule has 2 atom stereocenters. The number of carbonyl (C=O) groups excluding carboxylic acids is 1. The summed E-state index contributed by atoms with van der Waals surface area (Å²) in [6.45, 7) is 8.91. The Morgan fingerprint density at radius 1 is 1.15 bits per heavy atom. The van der Waals surface area contributed by atoms with Gasteiger partial charge >= 0.3 is 6.03 Å². The average Bonchev–Trinajstić information content (AvgIpc) is 3.15. The summed E-state index contributed by atoms with van der Waals surface area (Å²) in [5, 5.41) is 6.03. The Hall–Kier alpha value is -1.82. The zero-order valence-corrected chi connectivity index (χ0v) is 16.4. The first-order valence-electron chi connectivity index (χ1n) is 10.3. The first-order valence-corrected chi connectivity index (χ1v) is 10.3. The molecule has 2 fully saturated rings. The van der Waals surface area contributed by atoms with Crippen molar-refractivity contribution < 1.29 is 9.18 Å². The van der Waals surface area contributed by atoms with E-state index < -0.39 is 0 Å². The number of anilines is 1. The molecule has 0 aliphatic carbocycles. The van der Waals surface area contributed by atoms with E-state index in [2.05, 4.69) is 27.4 Å². The summed E-state index contributed by atoms with van der Waals surface area (Å²) < 4.78 is 13.0. The second-order valence-electron chi connectivity index (χ2n) is 8.13. The zero-order valence-electron chi connectivity index (χ0n) is 16.4. The lowest BCUT2D eigenvalue weighted by atomic mass is 10.1. The van der Waals surface area contributed by atoms with E-state index in [9.17, 15) is 9.18 Å². The third kappa shape index (κ3) is 6.38. The van der Waals surface area contributed by atoms with Crippen LogP contribution in [0.4, 0.5) is 14.9 Å². The summed E-state index contributed by atoms with van der Waals surface area (Å²) in [4.78, 5) is 16.9. The Morgan fingerprint density at radius 3 is 2.63 bits per heavy atom. The van der Waals surface area contributed by atoms with Crippen molar-refractivity contribution in [2.45, 2.75) is 32.6 Å². The Balaban J connectivity index is 1.30. The van der Waals surface area contributed by atoms with Gasteiger partial charge in [0.1, 0.15) is 5.82 Å². The van der Waals surface area contributed by atoms with Gasteiger partial charge in [-0.15, -0.1) is 0 Å². The number of amides is 2. The molecule has 2 saturated heterocycles. The number of nitrogens with one attached hydrogen (secondary N) is 2. The van der Waals surface area contributed by atoms with Gasteiger partial charge in [0.05, 0.1) is 0 Å². The highest BCUT2D eigenvalue weighted by atomic mass is 19.1. The zero-order chi connectivity index (χ0) is 19.1. The maximum absolute atomic E-state index is 13.0. The van der Waals surface area contributed by atoms with Gasteiger partial charge in [-0.1, -0.05) is 13.3 Å². The van der Waals surface area contributed by atoms with Crippen LogP contribution in [0.25, 0.3) is 0 Å². The van der Waals surface area contributed by atoms with Gasteiger partial charge in [0.15, 0.2) is 0 Å². The third-order valence-corrected chi connectivity index (χ3v) is 5.66. The number of nitrogens with zero attached hydrogens (tertiary/aromatic N) is 2. The number of rotatable bonds is 7. The summed E-state index contributed by atoms with van der Waals surface area (Å²) in [7, 11) is 0. The van der Waals surface area contributed by atoms with Gasteiger partial charge < -0.3 is 20.4 Å². The van der Waals surface area contributed by atoms with Crippen LogP contribution in [-0.2, 0) is 0 Å². The molecule has 0 bridgehead atoms. The summed E-state index contributed by atoms with van der Waals surface area (Å²) in [5.41, 5.74) is 1.05. The predicted molar refractivity (Wildman–Crippen MR) is 108 cm³/mol. The first-order chi connectivity index (χ1) is 13.1. The van der Waals surface area contributed by atoms with Crippen molar-refractivity contribution in [3.05, 3.63) is 30.1 Å². The van der Waals surface area contributed by atoms with Crippen LogP contribution in [0.2, 0.25) is 0 Å². The SMILES string of the molecule is C[C@H](CNC(=O)NC[C@@H]1CCN(c2ccc(F)cc2)C1)CN1CCCCC1. The molecule has 27 heavy (non-hydrogen) atoms. The summed E-state index contributed by atoms with van der Waals surface area (Å²) >= 11 is 0.